The molecule has 5 rings (SSSR count). The zero-order valence-electron chi connectivity index (χ0n) is 18.5. The Kier molecular flexibility index (Phi) is 5.85. The molecule has 0 radical (unpaired) electrons. The molecule has 170 valence electrons. The number of piperazine rings is 1. The first-order valence-corrected chi connectivity index (χ1v) is 11.6. The third-order valence-electron chi connectivity index (χ3n) is 6.63. The predicted molar refractivity (Wildman–Crippen MR) is 127 cm³/mol. The van der Waals surface area contributed by atoms with Crippen LogP contribution >= 0.6 is 11.6 Å². The van der Waals surface area contributed by atoms with Gasteiger partial charge in [-0.05, 0) is 47.9 Å². The van der Waals surface area contributed by atoms with Crippen LogP contribution in [0.5, 0.6) is 0 Å². The van der Waals surface area contributed by atoms with Gasteiger partial charge in [0.1, 0.15) is 6.04 Å². The van der Waals surface area contributed by atoms with E-state index < -0.39 is 6.04 Å². The van der Waals surface area contributed by atoms with E-state index in [1.54, 1.807) is 17.0 Å². The number of furan rings is 1. The number of aryl methyl sites for hydroxylation is 1. The standard InChI is InChI=1S/C26H26ClN3O3/c1-18-8-9-21(27)16-22(18)28-10-12-29(13-11-28)25(31)23-15-19-5-2-3-6-20(19)17-30(23)26(32)24-7-4-14-33-24/h2-9,14,16,23H,10-13,15,17H2,1H3/t23-/m0/s1. The van der Waals surface area contributed by atoms with E-state index >= 15 is 0 Å². The molecule has 2 aliphatic rings. The molecule has 3 aromatic rings. The number of hydrogen-bond donors (Lipinski definition) is 0. The van der Waals surface area contributed by atoms with Crippen molar-refractivity contribution < 1.29 is 14.0 Å². The monoisotopic (exact) mass is 463 g/mol. The van der Waals surface area contributed by atoms with Gasteiger partial charge in [0.2, 0.25) is 5.91 Å². The van der Waals surface area contributed by atoms with Gasteiger partial charge in [-0.2, -0.15) is 0 Å². The first-order valence-electron chi connectivity index (χ1n) is 11.2. The molecule has 0 aliphatic carbocycles. The van der Waals surface area contributed by atoms with Crippen molar-refractivity contribution in [3.63, 3.8) is 0 Å². The SMILES string of the molecule is Cc1ccc(Cl)cc1N1CCN(C(=O)[C@@H]2Cc3ccccc3CN2C(=O)c2ccco2)CC1. The maximum atomic E-state index is 13.7. The maximum Gasteiger partial charge on any atom is 0.290 e. The topological polar surface area (TPSA) is 57.0 Å². The number of carbonyl (C=O) groups is 2. The minimum Gasteiger partial charge on any atom is -0.459 e. The summed E-state index contributed by atoms with van der Waals surface area (Å²) in [5, 5.41) is 0.710. The lowest BCUT2D eigenvalue weighted by atomic mass is 9.92. The average Bonchev–Trinajstić information content (AvgIpc) is 3.39. The van der Waals surface area contributed by atoms with Gasteiger partial charge in [-0.25, -0.2) is 0 Å². The van der Waals surface area contributed by atoms with Crippen molar-refractivity contribution >= 4 is 29.1 Å². The van der Waals surface area contributed by atoms with Crippen LogP contribution in [0.25, 0.3) is 0 Å². The molecular formula is C26H26ClN3O3. The van der Waals surface area contributed by atoms with Crippen LogP contribution in [0.4, 0.5) is 5.69 Å². The van der Waals surface area contributed by atoms with Crippen LogP contribution in [0.2, 0.25) is 5.02 Å². The molecule has 1 fully saturated rings. The summed E-state index contributed by atoms with van der Waals surface area (Å²) in [7, 11) is 0. The van der Waals surface area contributed by atoms with E-state index in [2.05, 4.69) is 11.8 Å². The van der Waals surface area contributed by atoms with E-state index in [0.29, 0.717) is 31.1 Å². The molecule has 0 N–H and O–H groups in total. The second-order valence-electron chi connectivity index (χ2n) is 8.64. The highest BCUT2D eigenvalue weighted by molar-refractivity contribution is 6.30. The fourth-order valence-electron chi connectivity index (χ4n) is 4.80. The lowest BCUT2D eigenvalue weighted by Gasteiger charge is -2.41. The Bertz CT molecular complexity index is 1170. The van der Waals surface area contributed by atoms with E-state index in [4.69, 9.17) is 16.0 Å². The van der Waals surface area contributed by atoms with Crippen LogP contribution in [-0.2, 0) is 17.8 Å². The Morgan fingerprint density at radius 3 is 2.45 bits per heavy atom. The van der Waals surface area contributed by atoms with Crippen molar-refractivity contribution in [2.75, 3.05) is 31.1 Å². The Balaban J connectivity index is 1.35. The summed E-state index contributed by atoms with van der Waals surface area (Å²) in [6.07, 6.45) is 1.99. The highest BCUT2D eigenvalue weighted by atomic mass is 35.5. The fraction of sp³-hybridized carbons (Fsp3) is 0.308. The molecule has 33 heavy (non-hydrogen) atoms. The van der Waals surface area contributed by atoms with Crippen LogP contribution < -0.4 is 4.90 Å². The first kappa shape index (κ1) is 21.6. The van der Waals surface area contributed by atoms with Gasteiger partial charge in [-0.3, -0.25) is 9.59 Å². The average molecular weight is 464 g/mol. The molecule has 2 aromatic carbocycles. The number of amides is 2. The summed E-state index contributed by atoms with van der Waals surface area (Å²) in [6, 6.07) is 16.7. The molecule has 1 saturated heterocycles. The normalized spacial score (nSPS) is 18.2. The number of anilines is 1. The lowest BCUT2D eigenvalue weighted by Crippen LogP contribution is -2.57. The second kappa shape index (κ2) is 8.94. The lowest BCUT2D eigenvalue weighted by molar-refractivity contribution is -0.137. The molecule has 2 aliphatic heterocycles. The van der Waals surface area contributed by atoms with Crippen molar-refractivity contribution in [2.45, 2.75) is 25.9 Å². The van der Waals surface area contributed by atoms with Crippen LogP contribution in [-0.4, -0.2) is 53.8 Å². The van der Waals surface area contributed by atoms with Crippen LogP contribution in [0.3, 0.4) is 0 Å². The summed E-state index contributed by atoms with van der Waals surface area (Å²) in [5.41, 5.74) is 4.46. The van der Waals surface area contributed by atoms with Crippen molar-refractivity contribution in [1.82, 2.24) is 9.80 Å². The Hall–Kier alpha value is -3.25. The van der Waals surface area contributed by atoms with Crippen LogP contribution in [0.15, 0.2) is 65.3 Å². The number of halogens is 1. The fourth-order valence-corrected chi connectivity index (χ4v) is 4.97. The van der Waals surface area contributed by atoms with Crippen molar-refractivity contribution in [3.05, 3.63) is 88.3 Å². The molecule has 3 heterocycles. The zero-order chi connectivity index (χ0) is 22.9. The molecule has 0 spiro atoms. The Labute approximate surface area is 198 Å². The van der Waals surface area contributed by atoms with Gasteiger partial charge in [-0.1, -0.05) is 41.9 Å². The molecule has 0 saturated carbocycles. The van der Waals surface area contributed by atoms with E-state index in [9.17, 15) is 9.59 Å². The van der Waals surface area contributed by atoms with Crippen LogP contribution in [0, 0.1) is 6.92 Å². The first-order chi connectivity index (χ1) is 16.0. The summed E-state index contributed by atoms with van der Waals surface area (Å²) in [4.78, 5) is 32.7. The van der Waals surface area contributed by atoms with E-state index in [1.807, 2.05) is 47.4 Å². The van der Waals surface area contributed by atoms with Gasteiger partial charge in [0.15, 0.2) is 5.76 Å². The number of nitrogens with zero attached hydrogens (tertiary/aromatic N) is 3. The highest BCUT2D eigenvalue weighted by Gasteiger charge is 2.38. The van der Waals surface area contributed by atoms with Gasteiger partial charge in [-0.15, -0.1) is 0 Å². The second-order valence-corrected chi connectivity index (χ2v) is 9.08. The maximum absolute atomic E-state index is 13.7. The molecule has 2 amide bonds. The third-order valence-corrected chi connectivity index (χ3v) is 6.86. The Morgan fingerprint density at radius 2 is 1.73 bits per heavy atom. The molecule has 6 nitrogen and oxygen atoms in total. The summed E-state index contributed by atoms with van der Waals surface area (Å²) in [6.45, 7) is 5.12. The molecule has 7 heteroatoms. The summed E-state index contributed by atoms with van der Waals surface area (Å²) in [5.74, 6) is 0.00125. The minimum atomic E-state index is -0.544. The predicted octanol–water partition coefficient (Wildman–Crippen LogP) is 4.16. The molecule has 0 unspecified atom stereocenters. The smallest absolute Gasteiger partial charge is 0.290 e. The number of rotatable bonds is 3. The Morgan fingerprint density at radius 1 is 0.970 bits per heavy atom. The van der Waals surface area contributed by atoms with Gasteiger partial charge in [0.05, 0.1) is 6.26 Å². The number of fused-ring (bicyclic) bond motifs is 1. The largest absolute Gasteiger partial charge is 0.459 e. The van der Waals surface area contributed by atoms with Crippen molar-refractivity contribution in [1.29, 1.82) is 0 Å². The molecule has 1 atom stereocenters. The van der Waals surface area contributed by atoms with E-state index in [-0.39, 0.29) is 17.6 Å². The third kappa shape index (κ3) is 4.23. The number of carbonyl (C=O) groups excluding carboxylic acids is 2. The van der Waals surface area contributed by atoms with Gasteiger partial charge < -0.3 is 19.1 Å². The van der Waals surface area contributed by atoms with Crippen molar-refractivity contribution in [2.24, 2.45) is 0 Å². The minimum absolute atomic E-state index is 0.00752. The van der Waals surface area contributed by atoms with E-state index in [1.165, 1.54) is 11.8 Å². The molecule has 0 bridgehead atoms. The summed E-state index contributed by atoms with van der Waals surface area (Å²) < 4.78 is 5.36. The number of hydrogen-bond acceptors (Lipinski definition) is 4. The highest BCUT2D eigenvalue weighted by Crippen LogP contribution is 2.28. The quantitative estimate of drug-likeness (QED) is 0.585. The molecule has 1 aromatic heterocycles. The zero-order valence-corrected chi connectivity index (χ0v) is 19.3. The van der Waals surface area contributed by atoms with Crippen molar-refractivity contribution in [3.8, 4) is 0 Å². The van der Waals surface area contributed by atoms with Gasteiger partial charge in [0, 0.05) is 49.9 Å². The van der Waals surface area contributed by atoms with Crippen LogP contribution in [0.1, 0.15) is 27.2 Å². The summed E-state index contributed by atoms with van der Waals surface area (Å²) >= 11 is 6.21. The van der Waals surface area contributed by atoms with Gasteiger partial charge in [0.25, 0.3) is 5.91 Å². The number of benzene rings is 2. The molecular weight excluding hydrogens is 438 g/mol. The van der Waals surface area contributed by atoms with E-state index in [0.717, 1.165) is 29.9 Å². The van der Waals surface area contributed by atoms with Gasteiger partial charge >= 0.3 is 0 Å².